The van der Waals surface area contributed by atoms with Crippen molar-refractivity contribution in [2.24, 2.45) is 56.7 Å². The molecule has 16 atom stereocenters. The summed E-state index contributed by atoms with van der Waals surface area (Å²) in [5.74, 6) is 1.11. The van der Waals surface area contributed by atoms with Crippen LogP contribution in [-0.4, -0.2) is 97.5 Å². The van der Waals surface area contributed by atoms with Crippen LogP contribution in [0.3, 0.4) is 0 Å². The molecule has 5 saturated carbocycles. The molecule has 7 N–H and O–H groups in total. The Hall–Kier alpha value is -0.360. The Bertz CT molecular complexity index is 1110. The van der Waals surface area contributed by atoms with E-state index in [9.17, 15) is 35.7 Å². The minimum Gasteiger partial charge on any atom is -0.396 e. The van der Waals surface area contributed by atoms with Crippen LogP contribution < -0.4 is 0 Å². The first-order valence-electron chi connectivity index (χ1n) is 17.8. The molecule has 9 nitrogen and oxygen atoms in total. The van der Waals surface area contributed by atoms with Crippen LogP contribution in [0.15, 0.2) is 0 Å². The van der Waals surface area contributed by atoms with Gasteiger partial charge in [-0.15, -0.1) is 0 Å². The molecule has 0 aromatic rings. The smallest absolute Gasteiger partial charge is 0.186 e. The maximum atomic E-state index is 12.3. The van der Waals surface area contributed by atoms with Gasteiger partial charge in [-0.1, -0.05) is 34.6 Å². The normalized spacial score (nSPS) is 56.1. The van der Waals surface area contributed by atoms with Gasteiger partial charge in [-0.05, 0) is 128 Å². The largest absolute Gasteiger partial charge is 0.396 e. The summed E-state index contributed by atoms with van der Waals surface area (Å²) >= 11 is 0. The number of rotatable bonds is 5. The van der Waals surface area contributed by atoms with Crippen LogP contribution in [0.4, 0.5) is 0 Å². The molecule has 6 rings (SSSR count). The van der Waals surface area contributed by atoms with E-state index in [2.05, 4.69) is 34.6 Å². The summed E-state index contributed by atoms with van der Waals surface area (Å²) in [5.41, 5.74) is -1.72. The highest BCUT2D eigenvalue weighted by Crippen LogP contribution is 2.77. The van der Waals surface area contributed by atoms with Gasteiger partial charge in [0.2, 0.25) is 0 Å². The van der Waals surface area contributed by atoms with Gasteiger partial charge in [0.05, 0.1) is 24.4 Å². The molecule has 0 unspecified atom stereocenters. The standard InChI is InChI=1S/C36H62O9/c1-31(2)24(45-30-28(42)27(41)26(40)22(17-37)44-30)11-12-33(5)23-9-8-20-25-19(32(3,4)43)10-13-36(25,18-38)15-14-34(20,6)35(23,7)16-21(39)29(31)33/h19-30,37-43H,8-18H2,1-7H3/t19-,20+,21+,22-,23+,24+,25-,26-,27+,28-,29+,30+,33-,34-,35-,36-/m1/s1. The highest BCUT2D eigenvalue weighted by atomic mass is 16.7. The molecule has 260 valence electrons. The predicted molar refractivity (Wildman–Crippen MR) is 168 cm³/mol. The summed E-state index contributed by atoms with van der Waals surface area (Å²) in [5, 5.41) is 75.5. The molecule has 0 spiro atoms. The van der Waals surface area contributed by atoms with Crippen LogP contribution in [0.2, 0.25) is 0 Å². The van der Waals surface area contributed by atoms with Crippen LogP contribution in [0, 0.1) is 56.7 Å². The van der Waals surface area contributed by atoms with Crippen molar-refractivity contribution in [2.45, 2.75) is 155 Å². The molecule has 9 heteroatoms. The summed E-state index contributed by atoms with van der Waals surface area (Å²) in [4.78, 5) is 0. The van der Waals surface area contributed by atoms with Gasteiger partial charge in [0, 0.05) is 6.61 Å². The summed E-state index contributed by atoms with van der Waals surface area (Å²) in [6, 6.07) is 0. The van der Waals surface area contributed by atoms with Gasteiger partial charge < -0.3 is 45.2 Å². The van der Waals surface area contributed by atoms with Gasteiger partial charge in [-0.3, -0.25) is 0 Å². The van der Waals surface area contributed by atoms with E-state index >= 15 is 0 Å². The van der Waals surface area contributed by atoms with Crippen LogP contribution in [0.1, 0.15) is 106 Å². The van der Waals surface area contributed by atoms with Crippen LogP contribution in [0.25, 0.3) is 0 Å². The Kier molecular flexibility index (Phi) is 8.49. The van der Waals surface area contributed by atoms with Gasteiger partial charge in [-0.25, -0.2) is 0 Å². The van der Waals surface area contributed by atoms with Crippen LogP contribution in [-0.2, 0) is 9.47 Å². The molecule has 6 aliphatic rings. The van der Waals surface area contributed by atoms with Crippen molar-refractivity contribution in [3.63, 3.8) is 0 Å². The monoisotopic (exact) mass is 638 g/mol. The molecular weight excluding hydrogens is 576 g/mol. The van der Waals surface area contributed by atoms with E-state index in [1.54, 1.807) is 0 Å². The van der Waals surface area contributed by atoms with Crippen molar-refractivity contribution < 1.29 is 45.2 Å². The van der Waals surface area contributed by atoms with Crippen molar-refractivity contribution in [3.8, 4) is 0 Å². The van der Waals surface area contributed by atoms with Gasteiger partial charge in [0.1, 0.15) is 24.4 Å². The fourth-order valence-electron chi connectivity index (χ4n) is 13.5. The number of fused-ring (bicyclic) bond motifs is 7. The Morgan fingerprint density at radius 1 is 0.800 bits per heavy atom. The molecule has 6 fully saturated rings. The van der Waals surface area contributed by atoms with Crippen molar-refractivity contribution in [1.82, 2.24) is 0 Å². The van der Waals surface area contributed by atoms with Crippen LogP contribution in [0.5, 0.6) is 0 Å². The summed E-state index contributed by atoms with van der Waals surface area (Å²) in [6.45, 7) is 15.2. The Balaban J connectivity index is 1.29. The third-order valence-corrected chi connectivity index (χ3v) is 15.8. The van der Waals surface area contributed by atoms with E-state index in [0.717, 1.165) is 44.9 Å². The second-order valence-corrected chi connectivity index (χ2v) is 18.4. The number of aliphatic hydroxyl groups is 7. The molecule has 0 radical (unpaired) electrons. The lowest BCUT2D eigenvalue weighted by Gasteiger charge is -2.74. The summed E-state index contributed by atoms with van der Waals surface area (Å²) in [7, 11) is 0. The molecule has 0 aromatic carbocycles. The second-order valence-electron chi connectivity index (χ2n) is 18.4. The minimum absolute atomic E-state index is 0.0319. The molecule has 5 aliphatic carbocycles. The van der Waals surface area contributed by atoms with Gasteiger partial charge in [-0.2, -0.15) is 0 Å². The average Bonchev–Trinajstić information content (AvgIpc) is 3.35. The highest BCUT2D eigenvalue weighted by molar-refractivity contribution is 5.21. The van der Waals surface area contributed by atoms with E-state index in [1.165, 1.54) is 0 Å². The first-order valence-corrected chi connectivity index (χ1v) is 17.8. The number of ether oxygens (including phenoxy) is 2. The SMILES string of the molecule is CC(C)(O)[C@@H]1CC[C@]2(CO)CC[C@]3(C)[C@@H](CC[C@H]4[C@@]5(C)CC[C@H](O[C@@H]6O[C@H](CO)[C@@H](O)[C@H](O)[C@H]6O)C(C)(C)[C@@H]5[C@@H](O)C[C@]43C)[C@@H]12. The van der Waals surface area contributed by atoms with Gasteiger partial charge in [0.15, 0.2) is 6.29 Å². The van der Waals surface area contributed by atoms with E-state index in [0.29, 0.717) is 24.7 Å². The first-order chi connectivity index (χ1) is 20.8. The van der Waals surface area contributed by atoms with Crippen molar-refractivity contribution >= 4 is 0 Å². The van der Waals surface area contributed by atoms with Gasteiger partial charge in [0.25, 0.3) is 0 Å². The molecular formula is C36H62O9. The zero-order valence-electron chi connectivity index (χ0n) is 28.7. The predicted octanol–water partition coefficient (Wildman–Crippen LogP) is 2.99. The lowest BCUT2D eigenvalue weighted by atomic mass is 9.31. The Morgan fingerprint density at radius 3 is 2.11 bits per heavy atom. The summed E-state index contributed by atoms with van der Waals surface area (Å²) < 4.78 is 12.2. The van der Waals surface area contributed by atoms with Crippen molar-refractivity contribution in [1.29, 1.82) is 0 Å². The molecule has 0 aromatic heterocycles. The lowest BCUT2D eigenvalue weighted by Crippen LogP contribution is -2.70. The maximum Gasteiger partial charge on any atom is 0.186 e. The van der Waals surface area contributed by atoms with E-state index in [1.807, 2.05) is 13.8 Å². The van der Waals surface area contributed by atoms with E-state index in [-0.39, 0.29) is 52.1 Å². The zero-order chi connectivity index (χ0) is 33.1. The molecule has 0 bridgehead atoms. The maximum absolute atomic E-state index is 12.3. The topological polar surface area (TPSA) is 160 Å². The fraction of sp³-hybridized carbons (Fsp3) is 1.00. The Morgan fingerprint density at radius 2 is 1.49 bits per heavy atom. The summed E-state index contributed by atoms with van der Waals surface area (Å²) in [6.07, 6.45) is 0.728. The third kappa shape index (κ3) is 4.72. The number of hydrogen-bond acceptors (Lipinski definition) is 9. The van der Waals surface area contributed by atoms with E-state index < -0.39 is 54.4 Å². The molecule has 1 saturated heterocycles. The average molecular weight is 639 g/mol. The van der Waals surface area contributed by atoms with Crippen molar-refractivity contribution in [2.75, 3.05) is 13.2 Å². The number of aliphatic hydroxyl groups excluding tert-OH is 6. The van der Waals surface area contributed by atoms with Crippen molar-refractivity contribution in [3.05, 3.63) is 0 Å². The second kappa shape index (κ2) is 11.1. The third-order valence-electron chi connectivity index (χ3n) is 15.8. The zero-order valence-corrected chi connectivity index (χ0v) is 28.7. The number of hydrogen-bond donors (Lipinski definition) is 7. The quantitative estimate of drug-likeness (QED) is 0.225. The molecule has 1 heterocycles. The fourth-order valence-corrected chi connectivity index (χ4v) is 13.5. The minimum atomic E-state index is -1.49. The molecule has 1 aliphatic heterocycles. The van der Waals surface area contributed by atoms with E-state index in [4.69, 9.17) is 9.47 Å². The highest BCUT2D eigenvalue weighted by Gasteiger charge is 2.73. The molecule has 0 amide bonds. The Labute approximate surface area is 269 Å². The lowest BCUT2D eigenvalue weighted by molar-refractivity contribution is -0.337. The molecule has 45 heavy (non-hydrogen) atoms. The van der Waals surface area contributed by atoms with Gasteiger partial charge >= 0.3 is 0 Å². The first kappa shape index (κ1) is 34.5. The van der Waals surface area contributed by atoms with Crippen LogP contribution >= 0.6 is 0 Å².